The Morgan fingerprint density at radius 3 is 2.81 bits per heavy atom. The highest BCUT2D eigenvalue weighted by molar-refractivity contribution is 5.86. The van der Waals surface area contributed by atoms with E-state index < -0.39 is 11.2 Å². The lowest BCUT2D eigenvalue weighted by atomic mass is 10.1. The fourth-order valence-electron chi connectivity index (χ4n) is 2.15. The van der Waals surface area contributed by atoms with Crippen LogP contribution < -0.4 is 11.2 Å². The molecule has 0 amide bonds. The molecule has 6 nitrogen and oxygen atoms in total. The summed E-state index contributed by atoms with van der Waals surface area (Å²) in [6.45, 7) is 1.85. The maximum Gasteiger partial charge on any atom is 0.333 e. The van der Waals surface area contributed by atoms with Gasteiger partial charge < -0.3 is 0 Å². The van der Waals surface area contributed by atoms with E-state index in [9.17, 15) is 9.59 Å². The maximum atomic E-state index is 12.0. The van der Waals surface area contributed by atoms with Crippen molar-refractivity contribution < 1.29 is 0 Å². The minimum Gasteiger partial charge on any atom is -0.273 e. The van der Waals surface area contributed by atoms with E-state index in [-0.39, 0.29) is 5.56 Å². The number of nitrogens with one attached hydrogen (secondary N) is 1. The third-order valence-electron chi connectivity index (χ3n) is 3.16. The van der Waals surface area contributed by atoms with Gasteiger partial charge in [0.25, 0.3) is 5.56 Å². The summed E-state index contributed by atoms with van der Waals surface area (Å²) in [6, 6.07) is 10.9. The lowest BCUT2D eigenvalue weighted by Gasteiger charge is -2.09. The van der Waals surface area contributed by atoms with Crippen LogP contribution in [0.15, 0.2) is 46.1 Å². The minimum atomic E-state index is -0.692. The predicted octanol–water partition coefficient (Wildman–Crippen LogP) is 1.25. The summed E-state index contributed by atoms with van der Waals surface area (Å²) in [5, 5.41) is 9.81. The number of fused-ring (bicyclic) bond motifs is 1. The van der Waals surface area contributed by atoms with Crippen molar-refractivity contribution in [1.82, 2.24) is 14.5 Å². The van der Waals surface area contributed by atoms with E-state index in [4.69, 9.17) is 5.26 Å². The van der Waals surface area contributed by atoms with Crippen LogP contribution in [0.1, 0.15) is 11.3 Å². The van der Waals surface area contributed by atoms with Gasteiger partial charge in [-0.2, -0.15) is 5.26 Å². The van der Waals surface area contributed by atoms with Crippen molar-refractivity contribution in [3.63, 3.8) is 0 Å². The minimum absolute atomic E-state index is 0.126. The average molecular weight is 278 g/mol. The first-order chi connectivity index (χ1) is 10.1. The zero-order valence-electron chi connectivity index (χ0n) is 11.1. The molecule has 0 atom stereocenters. The van der Waals surface area contributed by atoms with Gasteiger partial charge in [-0.1, -0.05) is 18.2 Å². The van der Waals surface area contributed by atoms with E-state index >= 15 is 0 Å². The summed E-state index contributed by atoms with van der Waals surface area (Å²) in [7, 11) is 0. The normalized spacial score (nSPS) is 10.5. The molecule has 0 unspecified atom stereocenters. The zero-order valence-corrected chi connectivity index (χ0v) is 11.1. The van der Waals surface area contributed by atoms with E-state index in [0.29, 0.717) is 11.2 Å². The van der Waals surface area contributed by atoms with Crippen molar-refractivity contribution >= 4 is 10.9 Å². The molecule has 1 N–H and O–H groups in total. The van der Waals surface area contributed by atoms with E-state index in [1.165, 1.54) is 10.8 Å². The second-order valence-electron chi connectivity index (χ2n) is 4.59. The van der Waals surface area contributed by atoms with Gasteiger partial charge in [-0.15, -0.1) is 0 Å². The Kier molecular flexibility index (Phi) is 2.88. The fourth-order valence-corrected chi connectivity index (χ4v) is 2.15. The molecule has 0 spiro atoms. The van der Waals surface area contributed by atoms with Gasteiger partial charge in [0.15, 0.2) is 0 Å². The van der Waals surface area contributed by atoms with Crippen molar-refractivity contribution in [2.45, 2.75) is 6.92 Å². The molecule has 0 fully saturated rings. The van der Waals surface area contributed by atoms with E-state index in [1.807, 2.05) is 25.1 Å². The van der Waals surface area contributed by atoms with Crippen LogP contribution in [0.2, 0.25) is 0 Å². The first-order valence-electron chi connectivity index (χ1n) is 6.23. The van der Waals surface area contributed by atoms with Crippen molar-refractivity contribution in [2.75, 3.05) is 0 Å². The lowest BCUT2D eigenvalue weighted by molar-refractivity contribution is 0.892. The Morgan fingerprint density at radius 2 is 2.05 bits per heavy atom. The Bertz CT molecular complexity index is 1010. The number of benzene rings is 1. The number of aromatic nitrogens is 3. The summed E-state index contributed by atoms with van der Waals surface area (Å²) in [4.78, 5) is 30.0. The molecule has 2 aromatic heterocycles. The van der Waals surface area contributed by atoms with E-state index in [2.05, 4.69) is 9.97 Å². The van der Waals surface area contributed by atoms with Crippen LogP contribution in [0.3, 0.4) is 0 Å². The summed E-state index contributed by atoms with van der Waals surface area (Å²) < 4.78 is 1.23. The van der Waals surface area contributed by atoms with Crippen LogP contribution in [-0.2, 0) is 0 Å². The van der Waals surface area contributed by atoms with E-state index in [0.717, 1.165) is 11.1 Å². The number of hydrogen-bond acceptors (Lipinski definition) is 4. The van der Waals surface area contributed by atoms with Gasteiger partial charge in [-0.25, -0.2) is 4.79 Å². The summed E-state index contributed by atoms with van der Waals surface area (Å²) >= 11 is 0. The molecule has 0 radical (unpaired) electrons. The second kappa shape index (κ2) is 4.72. The molecule has 0 saturated heterocycles. The highest BCUT2D eigenvalue weighted by Crippen LogP contribution is 2.19. The average Bonchev–Trinajstić information content (AvgIpc) is 2.47. The van der Waals surface area contributed by atoms with Gasteiger partial charge >= 0.3 is 5.69 Å². The molecule has 0 aliphatic rings. The van der Waals surface area contributed by atoms with Crippen molar-refractivity contribution in [3.8, 4) is 11.8 Å². The van der Waals surface area contributed by atoms with Crippen molar-refractivity contribution in [3.05, 3.63) is 68.6 Å². The lowest BCUT2D eigenvalue weighted by Crippen LogP contribution is -2.30. The number of aryl methyl sites for hydroxylation is 1. The molecule has 6 heteroatoms. The smallest absolute Gasteiger partial charge is 0.273 e. The number of aromatic amines is 1. The topological polar surface area (TPSA) is 91.5 Å². The quantitative estimate of drug-likeness (QED) is 0.725. The molecule has 0 aliphatic carbocycles. The van der Waals surface area contributed by atoms with Crippen LogP contribution in [0.4, 0.5) is 0 Å². The number of nitrogens with zero attached hydrogens (tertiary/aromatic N) is 3. The van der Waals surface area contributed by atoms with Gasteiger partial charge in [-0.05, 0) is 19.1 Å². The molecular weight excluding hydrogens is 268 g/mol. The standard InChI is InChI=1S/C15H10N4O2/c1-9-5-6-10-3-2-4-12(13(10)17-9)19-8-11(7-16)14(20)18-15(19)21/h2-6,8H,1H3,(H,18,20,21). The van der Waals surface area contributed by atoms with Crippen LogP contribution in [0.5, 0.6) is 0 Å². The Hall–Kier alpha value is -3.20. The third kappa shape index (κ3) is 2.11. The Morgan fingerprint density at radius 1 is 1.24 bits per heavy atom. The SMILES string of the molecule is Cc1ccc2cccc(-n3cc(C#N)c(=O)[nH]c3=O)c2n1. The summed E-state index contributed by atoms with van der Waals surface area (Å²) in [5.74, 6) is 0. The number of rotatable bonds is 1. The third-order valence-corrected chi connectivity index (χ3v) is 3.16. The zero-order chi connectivity index (χ0) is 15.0. The molecule has 3 rings (SSSR count). The van der Waals surface area contributed by atoms with Gasteiger partial charge in [-0.3, -0.25) is 19.3 Å². The second-order valence-corrected chi connectivity index (χ2v) is 4.59. The number of pyridine rings is 1. The molecule has 3 aromatic rings. The Balaban J connectivity index is 2.41. The van der Waals surface area contributed by atoms with E-state index in [1.54, 1.807) is 18.2 Å². The molecule has 1 aromatic carbocycles. The Labute approximate surface area is 118 Å². The van der Waals surface area contributed by atoms with Crippen LogP contribution in [0, 0.1) is 18.3 Å². The monoisotopic (exact) mass is 278 g/mol. The highest BCUT2D eigenvalue weighted by atomic mass is 16.2. The van der Waals surface area contributed by atoms with Gasteiger partial charge in [0, 0.05) is 17.3 Å². The van der Waals surface area contributed by atoms with Crippen LogP contribution in [0.25, 0.3) is 16.6 Å². The number of H-pyrrole nitrogens is 1. The fraction of sp³-hybridized carbons (Fsp3) is 0.0667. The molecule has 102 valence electrons. The molecule has 21 heavy (non-hydrogen) atoms. The number of nitriles is 1. The van der Waals surface area contributed by atoms with Crippen molar-refractivity contribution in [1.29, 1.82) is 5.26 Å². The highest BCUT2D eigenvalue weighted by Gasteiger charge is 2.09. The van der Waals surface area contributed by atoms with Crippen LogP contribution >= 0.6 is 0 Å². The molecular formula is C15H10N4O2. The maximum absolute atomic E-state index is 12.0. The molecule has 0 saturated carbocycles. The number of para-hydroxylation sites is 1. The summed E-state index contributed by atoms with van der Waals surface area (Å²) in [5.41, 5.74) is 0.551. The first-order valence-corrected chi connectivity index (χ1v) is 6.23. The molecule has 0 aliphatic heterocycles. The van der Waals surface area contributed by atoms with Crippen molar-refractivity contribution in [2.24, 2.45) is 0 Å². The van der Waals surface area contributed by atoms with Gasteiger partial charge in [0.1, 0.15) is 11.6 Å². The molecule has 0 bridgehead atoms. The predicted molar refractivity (Wildman–Crippen MR) is 77.4 cm³/mol. The van der Waals surface area contributed by atoms with Crippen LogP contribution in [-0.4, -0.2) is 14.5 Å². The number of hydrogen-bond donors (Lipinski definition) is 1. The largest absolute Gasteiger partial charge is 0.333 e. The first kappa shape index (κ1) is 12.8. The molecule has 2 heterocycles. The summed E-state index contributed by atoms with van der Waals surface area (Å²) in [6.07, 6.45) is 1.24. The van der Waals surface area contributed by atoms with Gasteiger partial charge in [0.05, 0.1) is 11.2 Å². The van der Waals surface area contributed by atoms with Gasteiger partial charge in [0.2, 0.25) is 0 Å².